The van der Waals surface area contributed by atoms with Gasteiger partial charge in [-0.2, -0.15) is 0 Å². The fourth-order valence-corrected chi connectivity index (χ4v) is 1.33. The zero-order valence-electron chi connectivity index (χ0n) is 10.1. The maximum absolute atomic E-state index is 10.7. The highest BCUT2D eigenvalue weighted by atomic mass is 16.4. The van der Waals surface area contributed by atoms with E-state index >= 15 is 0 Å². The van der Waals surface area contributed by atoms with Gasteiger partial charge in [0.15, 0.2) is 0 Å². The van der Waals surface area contributed by atoms with E-state index in [0.717, 1.165) is 6.42 Å². The standard InChI is InChI=1S/C11H21NO4/c1-8(2)4-5-12(7-10(13)14)6-9(3)11(15)16/h8-9H,4-7H2,1-3H3,(H,13,14)(H,15,16). The van der Waals surface area contributed by atoms with Crippen LogP contribution in [0.25, 0.3) is 0 Å². The first-order chi connectivity index (χ1) is 7.32. The Kier molecular flexibility index (Phi) is 6.72. The largest absolute Gasteiger partial charge is 0.481 e. The fraction of sp³-hybridized carbons (Fsp3) is 0.818. The molecule has 2 N–H and O–H groups in total. The van der Waals surface area contributed by atoms with Gasteiger partial charge in [-0.1, -0.05) is 20.8 Å². The number of hydrogen-bond acceptors (Lipinski definition) is 3. The Labute approximate surface area is 96.1 Å². The van der Waals surface area contributed by atoms with Crippen molar-refractivity contribution in [3.8, 4) is 0 Å². The zero-order chi connectivity index (χ0) is 12.7. The molecule has 0 aromatic rings. The second-order valence-electron chi connectivity index (χ2n) is 4.55. The lowest BCUT2D eigenvalue weighted by molar-refractivity contribution is -0.144. The molecule has 16 heavy (non-hydrogen) atoms. The predicted molar refractivity (Wildman–Crippen MR) is 60.3 cm³/mol. The maximum Gasteiger partial charge on any atom is 0.317 e. The van der Waals surface area contributed by atoms with Crippen LogP contribution in [0.15, 0.2) is 0 Å². The summed E-state index contributed by atoms with van der Waals surface area (Å²) < 4.78 is 0. The van der Waals surface area contributed by atoms with Gasteiger partial charge in [-0.15, -0.1) is 0 Å². The van der Waals surface area contributed by atoms with Crippen LogP contribution in [0.4, 0.5) is 0 Å². The van der Waals surface area contributed by atoms with E-state index in [4.69, 9.17) is 10.2 Å². The fourth-order valence-electron chi connectivity index (χ4n) is 1.33. The third-order valence-corrected chi connectivity index (χ3v) is 2.34. The van der Waals surface area contributed by atoms with Crippen molar-refractivity contribution in [2.45, 2.75) is 27.2 Å². The molecule has 0 saturated heterocycles. The van der Waals surface area contributed by atoms with Crippen LogP contribution in [0.2, 0.25) is 0 Å². The van der Waals surface area contributed by atoms with E-state index in [-0.39, 0.29) is 13.1 Å². The first kappa shape index (κ1) is 14.9. The molecule has 0 heterocycles. The molecule has 0 aromatic carbocycles. The summed E-state index contributed by atoms with van der Waals surface area (Å²) in [7, 11) is 0. The second-order valence-corrected chi connectivity index (χ2v) is 4.55. The molecule has 0 aromatic heterocycles. The van der Waals surface area contributed by atoms with Crippen molar-refractivity contribution in [1.29, 1.82) is 0 Å². The van der Waals surface area contributed by atoms with Crippen LogP contribution < -0.4 is 0 Å². The van der Waals surface area contributed by atoms with E-state index in [9.17, 15) is 9.59 Å². The van der Waals surface area contributed by atoms with Crippen LogP contribution in [0.5, 0.6) is 0 Å². The summed E-state index contributed by atoms with van der Waals surface area (Å²) in [5.41, 5.74) is 0. The van der Waals surface area contributed by atoms with Crippen LogP contribution in [0.1, 0.15) is 27.2 Å². The van der Waals surface area contributed by atoms with Crippen molar-refractivity contribution in [2.24, 2.45) is 11.8 Å². The van der Waals surface area contributed by atoms with E-state index in [2.05, 4.69) is 13.8 Å². The predicted octanol–water partition coefficient (Wildman–Crippen LogP) is 1.14. The van der Waals surface area contributed by atoms with Crippen LogP contribution in [-0.4, -0.2) is 46.7 Å². The van der Waals surface area contributed by atoms with E-state index in [1.54, 1.807) is 11.8 Å². The van der Waals surface area contributed by atoms with Gasteiger partial charge in [0.2, 0.25) is 0 Å². The summed E-state index contributed by atoms with van der Waals surface area (Å²) in [5, 5.41) is 17.5. The Morgan fingerprint density at radius 3 is 2.12 bits per heavy atom. The molecule has 0 fully saturated rings. The van der Waals surface area contributed by atoms with Gasteiger partial charge in [-0.05, 0) is 18.9 Å². The molecule has 0 aliphatic rings. The van der Waals surface area contributed by atoms with Crippen LogP contribution in [-0.2, 0) is 9.59 Å². The molecule has 0 bridgehead atoms. The molecule has 0 rings (SSSR count). The molecule has 0 spiro atoms. The molecule has 0 radical (unpaired) electrons. The summed E-state index contributed by atoms with van der Waals surface area (Å²) >= 11 is 0. The summed E-state index contributed by atoms with van der Waals surface area (Å²) in [6.45, 7) is 6.52. The Morgan fingerprint density at radius 1 is 1.19 bits per heavy atom. The normalized spacial score (nSPS) is 13.1. The number of nitrogens with zero attached hydrogens (tertiary/aromatic N) is 1. The average Bonchev–Trinajstić information content (AvgIpc) is 2.12. The van der Waals surface area contributed by atoms with E-state index in [1.165, 1.54) is 0 Å². The van der Waals surface area contributed by atoms with Crippen LogP contribution >= 0.6 is 0 Å². The molecule has 0 amide bonds. The van der Waals surface area contributed by atoms with Crippen molar-refractivity contribution >= 4 is 11.9 Å². The highest BCUT2D eigenvalue weighted by molar-refractivity contribution is 5.70. The highest BCUT2D eigenvalue weighted by Crippen LogP contribution is 2.05. The summed E-state index contributed by atoms with van der Waals surface area (Å²) in [4.78, 5) is 23.0. The number of aliphatic carboxylic acids is 2. The van der Waals surface area contributed by atoms with E-state index in [0.29, 0.717) is 12.5 Å². The van der Waals surface area contributed by atoms with E-state index in [1.807, 2.05) is 0 Å². The number of carboxylic acid groups (broad SMARTS) is 2. The monoisotopic (exact) mass is 231 g/mol. The SMILES string of the molecule is CC(C)CCN(CC(=O)O)CC(C)C(=O)O. The highest BCUT2D eigenvalue weighted by Gasteiger charge is 2.18. The smallest absolute Gasteiger partial charge is 0.317 e. The van der Waals surface area contributed by atoms with Gasteiger partial charge in [-0.3, -0.25) is 14.5 Å². The summed E-state index contributed by atoms with van der Waals surface area (Å²) in [6.07, 6.45) is 0.875. The molecular weight excluding hydrogens is 210 g/mol. The van der Waals surface area contributed by atoms with Crippen LogP contribution in [0.3, 0.4) is 0 Å². The molecule has 5 nitrogen and oxygen atoms in total. The van der Waals surface area contributed by atoms with Gasteiger partial charge < -0.3 is 10.2 Å². The molecular formula is C11H21NO4. The van der Waals surface area contributed by atoms with Gasteiger partial charge in [0.1, 0.15) is 0 Å². The average molecular weight is 231 g/mol. The lowest BCUT2D eigenvalue weighted by Crippen LogP contribution is -2.36. The Hall–Kier alpha value is -1.10. The van der Waals surface area contributed by atoms with Gasteiger partial charge in [0, 0.05) is 6.54 Å². The third kappa shape index (κ3) is 7.23. The summed E-state index contributed by atoms with van der Waals surface area (Å²) in [6, 6.07) is 0. The first-order valence-electron chi connectivity index (χ1n) is 5.49. The minimum absolute atomic E-state index is 0.0929. The number of carboxylic acids is 2. The minimum atomic E-state index is -0.915. The van der Waals surface area contributed by atoms with Gasteiger partial charge >= 0.3 is 11.9 Å². The quantitative estimate of drug-likeness (QED) is 0.655. The number of carbonyl (C=O) groups is 2. The van der Waals surface area contributed by atoms with Crippen LogP contribution in [0, 0.1) is 11.8 Å². The Morgan fingerprint density at radius 2 is 1.75 bits per heavy atom. The van der Waals surface area contributed by atoms with Crippen molar-refractivity contribution in [3.05, 3.63) is 0 Å². The molecule has 94 valence electrons. The van der Waals surface area contributed by atoms with Crippen molar-refractivity contribution in [1.82, 2.24) is 4.90 Å². The molecule has 1 unspecified atom stereocenters. The topological polar surface area (TPSA) is 77.8 Å². The van der Waals surface area contributed by atoms with Gasteiger partial charge in [0.05, 0.1) is 12.5 Å². The molecule has 0 saturated carbocycles. The van der Waals surface area contributed by atoms with Gasteiger partial charge in [-0.25, -0.2) is 0 Å². The van der Waals surface area contributed by atoms with E-state index < -0.39 is 17.9 Å². The first-order valence-corrected chi connectivity index (χ1v) is 5.49. The molecule has 5 heteroatoms. The van der Waals surface area contributed by atoms with Crippen molar-refractivity contribution in [3.63, 3.8) is 0 Å². The minimum Gasteiger partial charge on any atom is -0.481 e. The Bertz CT molecular complexity index is 240. The maximum atomic E-state index is 10.7. The second kappa shape index (κ2) is 7.22. The summed E-state index contributed by atoms with van der Waals surface area (Å²) in [5.74, 6) is -1.86. The zero-order valence-corrected chi connectivity index (χ0v) is 10.1. The van der Waals surface area contributed by atoms with Gasteiger partial charge in [0.25, 0.3) is 0 Å². The molecule has 0 aliphatic carbocycles. The lowest BCUT2D eigenvalue weighted by Gasteiger charge is -2.23. The molecule has 0 aliphatic heterocycles. The number of rotatable bonds is 8. The molecule has 1 atom stereocenters. The van der Waals surface area contributed by atoms with Crippen molar-refractivity contribution < 1.29 is 19.8 Å². The third-order valence-electron chi connectivity index (χ3n) is 2.34. The van der Waals surface area contributed by atoms with Crippen molar-refractivity contribution in [2.75, 3.05) is 19.6 Å². The number of hydrogen-bond donors (Lipinski definition) is 2. The lowest BCUT2D eigenvalue weighted by atomic mass is 10.1. The Balaban J connectivity index is 4.19.